The van der Waals surface area contributed by atoms with Gasteiger partial charge in [-0.15, -0.1) is 6.58 Å². The van der Waals surface area contributed by atoms with Crippen molar-refractivity contribution in [1.29, 1.82) is 0 Å². The molecule has 0 unspecified atom stereocenters. The number of hydrogen-bond acceptors (Lipinski definition) is 0. The lowest BCUT2D eigenvalue weighted by atomic mass is 9.78. The summed E-state index contributed by atoms with van der Waals surface area (Å²) in [4.78, 5) is 0. The maximum Gasteiger partial charge on any atom is -0.0233 e. The van der Waals surface area contributed by atoms with Crippen molar-refractivity contribution < 1.29 is 0 Å². The van der Waals surface area contributed by atoms with Crippen LogP contribution in [0.15, 0.2) is 24.8 Å². The minimum absolute atomic E-state index is 0.901. The van der Waals surface area contributed by atoms with Crippen molar-refractivity contribution in [3.05, 3.63) is 24.8 Å². The third-order valence-corrected chi connectivity index (χ3v) is 6.48. The Morgan fingerprint density at radius 3 is 1.83 bits per heavy atom. The molecule has 0 aliphatic heterocycles. The van der Waals surface area contributed by atoms with Crippen LogP contribution in [0.2, 0.25) is 0 Å². The fourth-order valence-electron chi connectivity index (χ4n) is 4.86. The number of allylic oxidation sites excluding steroid dienone is 3. The van der Waals surface area contributed by atoms with Crippen LogP contribution in [-0.4, -0.2) is 0 Å². The summed E-state index contributed by atoms with van der Waals surface area (Å²) in [7, 11) is 0. The van der Waals surface area contributed by atoms with Gasteiger partial charge < -0.3 is 0 Å². The molecule has 23 heavy (non-hydrogen) atoms. The largest absolute Gasteiger partial charge is 0.103 e. The minimum atomic E-state index is 0.901. The molecule has 2 saturated carbocycles. The van der Waals surface area contributed by atoms with Gasteiger partial charge in [0.1, 0.15) is 0 Å². The highest BCUT2D eigenvalue weighted by Crippen LogP contribution is 2.35. The van der Waals surface area contributed by atoms with Crippen LogP contribution in [0, 0.1) is 23.7 Å². The van der Waals surface area contributed by atoms with Crippen molar-refractivity contribution in [3.63, 3.8) is 0 Å². The molecule has 0 aromatic heterocycles. The van der Waals surface area contributed by atoms with E-state index in [9.17, 15) is 0 Å². The van der Waals surface area contributed by atoms with E-state index >= 15 is 0 Å². The van der Waals surface area contributed by atoms with Crippen LogP contribution >= 0.6 is 0 Å². The summed E-state index contributed by atoms with van der Waals surface area (Å²) in [6, 6.07) is 0. The predicted molar refractivity (Wildman–Crippen MR) is 104 cm³/mol. The van der Waals surface area contributed by atoms with Crippen molar-refractivity contribution in [1.82, 2.24) is 0 Å². The lowest BCUT2D eigenvalue weighted by molar-refractivity contribution is 0.255. The summed E-state index contributed by atoms with van der Waals surface area (Å²) in [5, 5.41) is 0. The predicted octanol–water partition coefficient (Wildman–Crippen LogP) is 7.70. The van der Waals surface area contributed by atoms with Gasteiger partial charge in [-0.25, -0.2) is 0 Å². The smallest absolute Gasteiger partial charge is 0.0233 e. The van der Waals surface area contributed by atoms with Gasteiger partial charge in [-0.05, 0) is 75.0 Å². The van der Waals surface area contributed by atoms with Crippen LogP contribution in [0.25, 0.3) is 0 Å². The summed E-state index contributed by atoms with van der Waals surface area (Å²) in [6.45, 7) is 6.19. The van der Waals surface area contributed by atoms with Crippen molar-refractivity contribution in [2.24, 2.45) is 23.7 Å². The van der Waals surface area contributed by atoms with E-state index in [1.54, 1.807) is 0 Å². The molecule has 0 heteroatoms. The van der Waals surface area contributed by atoms with Gasteiger partial charge in [-0.3, -0.25) is 0 Å². The lowest BCUT2D eigenvalue weighted by Crippen LogP contribution is -2.14. The summed E-state index contributed by atoms with van der Waals surface area (Å²) in [5.41, 5.74) is 0. The van der Waals surface area contributed by atoms with E-state index in [2.05, 4.69) is 31.7 Å². The summed E-state index contributed by atoms with van der Waals surface area (Å²) >= 11 is 0. The molecule has 2 fully saturated rings. The zero-order chi connectivity index (χ0) is 16.3. The molecule has 0 aromatic carbocycles. The molecule has 0 atom stereocenters. The molecule has 132 valence electrons. The monoisotopic (exact) mass is 316 g/mol. The molecular weight excluding hydrogens is 276 g/mol. The number of hydrogen-bond donors (Lipinski definition) is 0. The van der Waals surface area contributed by atoms with Crippen LogP contribution < -0.4 is 0 Å². The van der Waals surface area contributed by atoms with Gasteiger partial charge in [0.15, 0.2) is 0 Å². The summed E-state index contributed by atoms with van der Waals surface area (Å²) in [5.74, 6) is 3.96. The van der Waals surface area contributed by atoms with Crippen molar-refractivity contribution in [3.8, 4) is 0 Å². The van der Waals surface area contributed by atoms with Crippen molar-refractivity contribution in [2.75, 3.05) is 0 Å². The Morgan fingerprint density at radius 2 is 1.26 bits per heavy atom. The maximum absolute atomic E-state index is 3.85. The highest BCUT2D eigenvalue weighted by molar-refractivity contribution is 4.91. The van der Waals surface area contributed by atoms with E-state index < -0.39 is 0 Å². The Kier molecular flexibility index (Phi) is 9.09. The van der Waals surface area contributed by atoms with Crippen LogP contribution in [0.5, 0.6) is 0 Å². The normalized spacial score (nSPS) is 32.2. The summed E-state index contributed by atoms with van der Waals surface area (Å²) < 4.78 is 0. The van der Waals surface area contributed by atoms with E-state index in [0.29, 0.717) is 0 Å². The van der Waals surface area contributed by atoms with Gasteiger partial charge in [0.05, 0.1) is 0 Å². The third-order valence-electron chi connectivity index (χ3n) is 6.48. The molecule has 0 aromatic rings. The van der Waals surface area contributed by atoms with E-state index in [1.807, 2.05) is 0 Å². The standard InChI is InChI=1S/C23H40/c1-3-5-9-21-16-18-23(19-17-21)11-7-6-10-22-14-12-20(8-4-2)13-15-22/h3,6,10,20-23H,1,4-5,7-9,11-19H2,2H3/b10-6+. The Morgan fingerprint density at radius 1 is 0.739 bits per heavy atom. The zero-order valence-electron chi connectivity index (χ0n) is 15.6. The van der Waals surface area contributed by atoms with Gasteiger partial charge >= 0.3 is 0 Å². The quantitative estimate of drug-likeness (QED) is 0.382. The van der Waals surface area contributed by atoms with Gasteiger partial charge in [0.2, 0.25) is 0 Å². The third kappa shape index (κ3) is 7.27. The first kappa shape index (κ1) is 18.8. The van der Waals surface area contributed by atoms with Crippen LogP contribution in [0.1, 0.15) is 96.8 Å². The fourth-order valence-corrected chi connectivity index (χ4v) is 4.86. The fraction of sp³-hybridized carbons (Fsp3) is 0.826. The molecule has 2 aliphatic carbocycles. The Labute approximate surface area is 145 Å². The van der Waals surface area contributed by atoms with Gasteiger partial charge in [-0.1, -0.05) is 63.7 Å². The average molecular weight is 317 g/mol. The van der Waals surface area contributed by atoms with Crippen LogP contribution in [-0.2, 0) is 0 Å². The molecule has 0 radical (unpaired) electrons. The van der Waals surface area contributed by atoms with E-state index in [1.165, 1.54) is 89.9 Å². The molecular formula is C23H40. The van der Waals surface area contributed by atoms with Gasteiger partial charge in [-0.2, -0.15) is 0 Å². The first-order valence-corrected chi connectivity index (χ1v) is 10.6. The summed E-state index contributed by atoms with van der Waals surface area (Å²) in [6.07, 6.45) is 27.2. The van der Waals surface area contributed by atoms with Crippen molar-refractivity contribution >= 4 is 0 Å². The number of rotatable bonds is 9. The highest BCUT2D eigenvalue weighted by atomic mass is 14.3. The molecule has 0 nitrogen and oxygen atoms in total. The molecule has 0 N–H and O–H groups in total. The van der Waals surface area contributed by atoms with E-state index in [0.717, 1.165) is 23.7 Å². The lowest BCUT2D eigenvalue weighted by Gasteiger charge is -2.28. The molecule has 0 heterocycles. The maximum atomic E-state index is 3.85. The highest BCUT2D eigenvalue weighted by Gasteiger charge is 2.20. The van der Waals surface area contributed by atoms with Gasteiger partial charge in [0.25, 0.3) is 0 Å². The molecule has 2 rings (SSSR count). The van der Waals surface area contributed by atoms with Crippen molar-refractivity contribution in [2.45, 2.75) is 96.8 Å². The van der Waals surface area contributed by atoms with Crippen LogP contribution in [0.3, 0.4) is 0 Å². The molecule has 2 aliphatic rings. The topological polar surface area (TPSA) is 0 Å². The first-order chi connectivity index (χ1) is 11.3. The van der Waals surface area contributed by atoms with E-state index in [-0.39, 0.29) is 0 Å². The Hall–Kier alpha value is -0.520. The minimum Gasteiger partial charge on any atom is -0.103 e. The van der Waals surface area contributed by atoms with Gasteiger partial charge in [0, 0.05) is 0 Å². The van der Waals surface area contributed by atoms with E-state index in [4.69, 9.17) is 0 Å². The van der Waals surface area contributed by atoms with Crippen LogP contribution in [0.4, 0.5) is 0 Å². The molecule has 0 saturated heterocycles. The SMILES string of the molecule is C=CCCC1CCC(CC/C=C/C2CCC(CCC)CC2)CC1. The first-order valence-electron chi connectivity index (χ1n) is 10.6. The Bertz CT molecular complexity index is 324. The second kappa shape index (κ2) is 11.1. The Balaban J connectivity index is 1.53. The second-order valence-electron chi connectivity index (χ2n) is 8.33. The molecule has 0 bridgehead atoms. The zero-order valence-corrected chi connectivity index (χ0v) is 15.6. The second-order valence-corrected chi connectivity index (χ2v) is 8.33. The molecule has 0 amide bonds. The molecule has 0 spiro atoms. The average Bonchev–Trinajstić information content (AvgIpc) is 2.59.